The Morgan fingerprint density at radius 3 is 2.37 bits per heavy atom. The van der Waals surface area contributed by atoms with Gasteiger partial charge in [0.25, 0.3) is 11.8 Å². The van der Waals surface area contributed by atoms with Crippen molar-refractivity contribution in [3.63, 3.8) is 0 Å². The van der Waals surface area contributed by atoms with Crippen molar-refractivity contribution in [2.75, 3.05) is 11.9 Å². The lowest BCUT2D eigenvalue weighted by Gasteiger charge is -2.13. The smallest absolute Gasteiger partial charge is 0.340 e. The Kier molecular flexibility index (Phi) is 6.22. The van der Waals surface area contributed by atoms with Crippen LogP contribution in [0.4, 0.5) is 5.69 Å². The largest absolute Gasteiger partial charge is 0.452 e. The van der Waals surface area contributed by atoms with Crippen LogP contribution in [0.25, 0.3) is 22.2 Å². The molecule has 0 saturated heterocycles. The molecule has 3 aromatic carbocycles. The number of para-hydroxylation sites is 2. The van der Waals surface area contributed by atoms with E-state index in [1.165, 1.54) is 0 Å². The molecule has 1 saturated carbocycles. The number of carbonyl (C=O) groups excluding carboxylic acids is 3. The van der Waals surface area contributed by atoms with Gasteiger partial charge in [-0.15, -0.1) is 0 Å². The molecule has 1 heterocycles. The summed E-state index contributed by atoms with van der Waals surface area (Å²) in [5.74, 6) is -1.40. The number of fused-ring (bicyclic) bond motifs is 1. The van der Waals surface area contributed by atoms with Crippen molar-refractivity contribution in [3.05, 3.63) is 96.1 Å². The summed E-state index contributed by atoms with van der Waals surface area (Å²) in [6.07, 6.45) is 1.90. The average Bonchev–Trinajstić information content (AvgIpc) is 3.71. The number of hydrogen-bond acceptors (Lipinski definition) is 5. The molecule has 0 spiro atoms. The Bertz CT molecular complexity index is 1410. The molecule has 0 unspecified atom stereocenters. The summed E-state index contributed by atoms with van der Waals surface area (Å²) in [5.41, 5.74) is 3.15. The maximum atomic E-state index is 13.4. The lowest BCUT2D eigenvalue weighted by atomic mass is 10.0. The van der Waals surface area contributed by atoms with E-state index in [9.17, 15) is 14.4 Å². The third kappa shape index (κ3) is 5.19. The fraction of sp³-hybridized carbons (Fsp3) is 0.143. The zero-order chi connectivity index (χ0) is 24.2. The molecule has 0 radical (unpaired) electrons. The summed E-state index contributed by atoms with van der Waals surface area (Å²) in [6.45, 7) is -0.368. The van der Waals surface area contributed by atoms with Gasteiger partial charge in [-0.2, -0.15) is 0 Å². The van der Waals surface area contributed by atoms with Crippen LogP contribution in [0.2, 0.25) is 0 Å². The Balaban J connectivity index is 1.40. The number of anilines is 1. The van der Waals surface area contributed by atoms with Gasteiger partial charge < -0.3 is 15.4 Å². The molecule has 35 heavy (non-hydrogen) atoms. The van der Waals surface area contributed by atoms with Crippen molar-refractivity contribution in [1.82, 2.24) is 10.3 Å². The highest BCUT2D eigenvalue weighted by Gasteiger charge is 2.24. The van der Waals surface area contributed by atoms with Crippen molar-refractivity contribution in [3.8, 4) is 11.3 Å². The average molecular weight is 466 g/mol. The van der Waals surface area contributed by atoms with Crippen molar-refractivity contribution >= 4 is 34.4 Å². The van der Waals surface area contributed by atoms with Crippen LogP contribution in [0.3, 0.4) is 0 Å². The van der Waals surface area contributed by atoms with Crippen LogP contribution in [-0.4, -0.2) is 35.4 Å². The zero-order valence-electron chi connectivity index (χ0n) is 18.9. The molecule has 0 aliphatic heterocycles. The molecule has 0 bridgehead atoms. The molecule has 1 fully saturated rings. The van der Waals surface area contributed by atoms with Gasteiger partial charge >= 0.3 is 5.97 Å². The number of ether oxygens (including phenoxy) is 1. The van der Waals surface area contributed by atoms with Gasteiger partial charge in [-0.1, -0.05) is 60.7 Å². The lowest BCUT2D eigenvalue weighted by molar-refractivity contribution is -0.124. The van der Waals surface area contributed by atoms with Crippen molar-refractivity contribution in [2.45, 2.75) is 18.9 Å². The second-order valence-corrected chi connectivity index (χ2v) is 8.36. The van der Waals surface area contributed by atoms with Crippen LogP contribution in [-0.2, 0) is 9.53 Å². The van der Waals surface area contributed by atoms with Crippen LogP contribution in [0, 0.1) is 0 Å². The summed E-state index contributed by atoms with van der Waals surface area (Å²) in [7, 11) is 0. The van der Waals surface area contributed by atoms with Crippen LogP contribution in [0.15, 0.2) is 84.9 Å². The van der Waals surface area contributed by atoms with Crippen LogP contribution in [0.1, 0.15) is 33.6 Å². The molecule has 1 aromatic heterocycles. The monoisotopic (exact) mass is 465 g/mol. The summed E-state index contributed by atoms with van der Waals surface area (Å²) in [6, 6.07) is 25.5. The number of pyridine rings is 1. The number of benzene rings is 3. The zero-order valence-corrected chi connectivity index (χ0v) is 18.9. The molecule has 2 N–H and O–H groups in total. The minimum Gasteiger partial charge on any atom is -0.452 e. The molecule has 0 atom stereocenters. The number of rotatable bonds is 7. The number of aromatic nitrogens is 1. The van der Waals surface area contributed by atoms with Gasteiger partial charge in [0, 0.05) is 17.0 Å². The van der Waals surface area contributed by atoms with E-state index in [0.717, 1.165) is 18.4 Å². The van der Waals surface area contributed by atoms with Gasteiger partial charge in [0.1, 0.15) is 0 Å². The summed E-state index contributed by atoms with van der Waals surface area (Å²) in [4.78, 5) is 42.7. The maximum absolute atomic E-state index is 13.4. The van der Waals surface area contributed by atoms with Crippen molar-refractivity contribution < 1.29 is 19.1 Å². The lowest BCUT2D eigenvalue weighted by Crippen LogP contribution is -2.30. The summed E-state index contributed by atoms with van der Waals surface area (Å²) in [5, 5.41) is 6.31. The molecule has 5 rings (SSSR count). The Morgan fingerprint density at radius 1 is 0.857 bits per heavy atom. The van der Waals surface area contributed by atoms with Gasteiger partial charge in [0.15, 0.2) is 6.61 Å². The van der Waals surface area contributed by atoms with E-state index in [1.54, 1.807) is 30.3 Å². The highest BCUT2D eigenvalue weighted by Crippen LogP contribution is 2.26. The van der Waals surface area contributed by atoms with Crippen molar-refractivity contribution in [2.24, 2.45) is 0 Å². The predicted molar refractivity (Wildman–Crippen MR) is 133 cm³/mol. The number of hydrogen-bond donors (Lipinski definition) is 2. The molecule has 2 amide bonds. The fourth-order valence-electron chi connectivity index (χ4n) is 3.79. The molecule has 174 valence electrons. The highest BCUT2D eigenvalue weighted by molar-refractivity contribution is 6.14. The van der Waals surface area contributed by atoms with Gasteiger partial charge in [-0.05, 0) is 37.1 Å². The standard InChI is InChI=1S/C28H23N3O4/c32-26(29-19-14-15-19)17-35-28(34)21-11-5-7-13-24(21)31-27(33)22-16-25(18-8-2-1-3-9-18)30-23-12-6-4-10-20(22)23/h1-13,16,19H,14-15,17H2,(H,29,32)(H,31,33). The first-order chi connectivity index (χ1) is 17.1. The second kappa shape index (κ2) is 9.77. The number of carbonyl (C=O) groups is 3. The first kappa shape index (κ1) is 22.3. The van der Waals surface area contributed by atoms with Gasteiger partial charge in [0.05, 0.1) is 28.0 Å². The summed E-state index contributed by atoms with van der Waals surface area (Å²) >= 11 is 0. The number of esters is 1. The van der Waals surface area contributed by atoms with E-state index < -0.39 is 5.97 Å². The minimum absolute atomic E-state index is 0.168. The van der Waals surface area contributed by atoms with Crippen LogP contribution in [0.5, 0.6) is 0 Å². The molecular formula is C28H23N3O4. The topological polar surface area (TPSA) is 97.4 Å². The molecule has 1 aliphatic carbocycles. The van der Waals surface area contributed by atoms with E-state index >= 15 is 0 Å². The third-order valence-electron chi connectivity index (χ3n) is 5.70. The van der Waals surface area contributed by atoms with E-state index in [-0.39, 0.29) is 30.0 Å². The van der Waals surface area contributed by atoms with Gasteiger partial charge in [0.2, 0.25) is 0 Å². The van der Waals surface area contributed by atoms with Crippen LogP contribution < -0.4 is 10.6 Å². The Labute approximate surface area is 202 Å². The molecule has 4 aromatic rings. The fourth-order valence-corrected chi connectivity index (χ4v) is 3.79. The third-order valence-corrected chi connectivity index (χ3v) is 5.70. The van der Waals surface area contributed by atoms with Gasteiger partial charge in [-0.3, -0.25) is 9.59 Å². The number of amides is 2. The SMILES string of the molecule is O=C(COC(=O)c1ccccc1NC(=O)c1cc(-c2ccccc2)nc2ccccc12)NC1CC1. The second-order valence-electron chi connectivity index (χ2n) is 8.36. The van der Waals surface area contributed by atoms with E-state index in [2.05, 4.69) is 10.6 Å². The quantitative estimate of drug-likeness (QED) is 0.389. The van der Waals surface area contributed by atoms with Crippen molar-refractivity contribution in [1.29, 1.82) is 0 Å². The summed E-state index contributed by atoms with van der Waals surface area (Å²) < 4.78 is 5.18. The highest BCUT2D eigenvalue weighted by atomic mass is 16.5. The first-order valence-electron chi connectivity index (χ1n) is 11.4. The first-order valence-corrected chi connectivity index (χ1v) is 11.4. The normalized spacial score (nSPS) is 12.7. The number of nitrogens with zero attached hydrogens (tertiary/aromatic N) is 1. The number of nitrogens with one attached hydrogen (secondary N) is 2. The molecule has 1 aliphatic rings. The minimum atomic E-state index is -0.684. The van der Waals surface area contributed by atoms with Crippen LogP contribution >= 0.6 is 0 Å². The molecular weight excluding hydrogens is 442 g/mol. The van der Waals surface area contributed by atoms with E-state index in [0.29, 0.717) is 27.8 Å². The molecule has 7 nitrogen and oxygen atoms in total. The Morgan fingerprint density at radius 2 is 1.57 bits per heavy atom. The predicted octanol–water partition coefficient (Wildman–Crippen LogP) is 4.59. The van der Waals surface area contributed by atoms with E-state index in [1.807, 2.05) is 54.6 Å². The molecule has 7 heteroatoms. The Hall–Kier alpha value is -4.52. The van der Waals surface area contributed by atoms with E-state index in [4.69, 9.17) is 9.72 Å². The van der Waals surface area contributed by atoms with Gasteiger partial charge in [-0.25, -0.2) is 9.78 Å². The maximum Gasteiger partial charge on any atom is 0.340 e.